The normalized spacial score (nSPS) is 16.7. The molecular weight excluding hydrogens is 294 g/mol. The molecule has 6 nitrogen and oxygen atoms in total. The van der Waals surface area contributed by atoms with Gasteiger partial charge in [0, 0.05) is 23.5 Å². The summed E-state index contributed by atoms with van der Waals surface area (Å²) in [4.78, 5) is 24.9. The topological polar surface area (TPSA) is 75.5 Å². The molecule has 0 bridgehead atoms. The highest BCUT2D eigenvalue weighted by Gasteiger charge is 2.32. The Morgan fingerprint density at radius 2 is 1.87 bits per heavy atom. The van der Waals surface area contributed by atoms with Crippen LogP contribution in [0.5, 0.6) is 0 Å². The molecule has 6 heteroatoms. The first-order chi connectivity index (χ1) is 11.1. The molecule has 1 aliphatic rings. The van der Waals surface area contributed by atoms with E-state index in [0.29, 0.717) is 11.3 Å². The van der Waals surface area contributed by atoms with Crippen LogP contribution in [-0.4, -0.2) is 17.0 Å². The predicted octanol–water partition coefficient (Wildman–Crippen LogP) is 3.79. The Hall–Kier alpha value is -2.89. The van der Waals surface area contributed by atoms with E-state index in [1.165, 1.54) is 12.1 Å². The van der Waals surface area contributed by atoms with E-state index in [9.17, 15) is 14.9 Å². The number of nitrogens with one attached hydrogen (secondary N) is 1. The first-order valence-electron chi connectivity index (χ1n) is 7.55. The summed E-state index contributed by atoms with van der Waals surface area (Å²) in [7, 11) is 0. The van der Waals surface area contributed by atoms with Gasteiger partial charge in [0.2, 0.25) is 0 Å². The van der Waals surface area contributed by atoms with Gasteiger partial charge in [-0.15, -0.1) is 0 Å². The third-order valence-electron chi connectivity index (χ3n) is 3.91. The van der Waals surface area contributed by atoms with Gasteiger partial charge in [-0.2, -0.15) is 0 Å². The van der Waals surface area contributed by atoms with Crippen molar-refractivity contribution in [3.8, 4) is 0 Å². The van der Waals surface area contributed by atoms with Crippen LogP contribution in [0.3, 0.4) is 0 Å². The summed E-state index contributed by atoms with van der Waals surface area (Å²) in [5.74, 6) is -0.0911. The van der Waals surface area contributed by atoms with Crippen molar-refractivity contribution in [3.63, 3.8) is 0 Å². The van der Waals surface area contributed by atoms with Crippen molar-refractivity contribution in [2.75, 3.05) is 10.2 Å². The summed E-state index contributed by atoms with van der Waals surface area (Å²) in [5.41, 5.74) is 2.10. The highest BCUT2D eigenvalue weighted by Crippen LogP contribution is 2.31. The van der Waals surface area contributed by atoms with Crippen LogP contribution in [-0.2, 0) is 0 Å². The maximum absolute atomic E-state index is 12.9. The van der Waals surface area contributed by atoms with E-state index in [1.54, 1.807) is 23.1 Å². The molecule has 1 atom stereocenters. The molecule has 1 unspecified atom stereocenters. The number of fused-ring (bicyclic) bond motifs is 1. The van der Waals surface area contributed by atoms with Crippen LogP contribution in [0.1, 0.15) is 30.1 Å². The number of carbonyl (C=O) groups excluding carboxylic acids is 1. The lowest BCUT2D eigenvalue weighted by Gasteiger charge is -2.37. The molecule has 1 aliphatic heterocycles. The Balaban J connectivity index is 2.01. The molecule has 2 aromatic rings. The van der Waals surface area contributed by atoms with Crippen LogP contribution in [0.15, 0.2) is 48.5 Å². The van der Waals surface area contributed by atoms with Crippen LogP contribution in [0, 0.1) is 10.1 Å². The van der Waals surface area contributed by atoms with E-state index in [2.05, 4.69) is 12.2 Å². The zero-order valence-corrected chi connectivity index (χ0v) is 12.7. The van der Waals surface area contributed by atoms with Gasteiger partial charge in [0.1, 0.15) is 6.17 Å². The van der Waals surface area contributed by atoms with Crippen molar-refractivity contribution in [3.05, 3.63) is 64.2 Å². The third-order valence-corrected chi connectivity index (χ3v) is 3.91. The second-order valence-corrected chi connectivity index (χ2v) is 5.44. The number of nitrogens with zero attached hydrogens (tertiary/aromatic N) is 2. The Labute approximate surface area is 133 Å². The Morgan fingerprint density at radius 1 is 1.17 bits per heavy atom. The van der Waals surface area contributed by atoms with E-state index >= 15 is 0 Å². The van der Waals surface area contributed by atoms with Crippen molar-refractivity contribution >= 4 is 23.0 Å². The molecule has 1 heterocycles. The molecule has 1 amide bonds. The lowest BCUT2D eigenvalue weighted by molar-refractivity contribution is -0.384. The molecule has 2 aromatic carbocycles. The summed E-state index contributed by atoms with van der Waals surface area (Å²) < 4.78 is 0. The first kappa shape index (κ1) is 15.0. The number of anilines is 2. The minimum Gasteiger partial charge on any atom is -0.364 e. The van der Waals surface area contributed by atoms with Crippen LogP contribution >= 0.6 is 0 Å². The van der Waals surface area contributed by atoms with Crippen molar-refractivity contribution < 1.29 is 9.72 Å². The van der Waals surface area contributed by atoms with Crippen molar-refractivity contribution in [2.24, 2.45) is 0 Å². The Bertz CT molecular complexity index is 743. The van der Waals surface area contributed by atoms with Gasteiger partial charge in [-0.3, -0.25) is 19.8 Å². The molecule has 0 saturated heterocycles. The summed E-state index contributed by atoms with van der Waals surface area (Å²) in [6, 6.07) is 13.5. The highest BCUT2D eigenvalue weighted by molar-refractivity contribution is 6.12. The fraction of sp³-hybridized carbons (Fsp3) is 0.235. The number of hydrogen-bond acceptors (Lipinski definition) is 4. The quantitative estimate of drug-likeness (QED) is 0.688. The molecular formula is C17H17N3O3. The summed E-state index contributed by atoms with van der Waals surface area (Å²) in [6.45, 7) is 2.06. The number of benzene rings is 2. The molecule has 23 heavy (non-hydrogen) atoms. The van der Waals surface area contributed by atoms with E-state index in [4.69, 9.17) is 0 Å². The zero-order chi connectivity index (χ0) is 16.4. The Morgan fingerprint density at radius 3 is 2.52 bits per heavy atom. The predicted molar refractivity (Wildman–Crippen MR) is 88.7 cm³/mol. The molecule has 0 saturated carbocycles. The molecule has 0 radical (unpaired) electrons. The minimum atomic E-state index is -0.446. The van der Waals surface area contributed by atoms with Gasteiger partial charge in [0.05, 0.1) is 10.5 Å². The van der Waals surface area contributed by atoms with Gasteiger partial charge >= 0.3 is 0 Å². The summed E-state index contributed by atoms with van der Waals surface area (Å²) in [5, 5.41) is 14.2. The average molecular weight is 311 g/mol. The maximum atomic E-state index is 12.9. The zero-order valence-electron chi connectivity index (χ0n) is 12.7. The van der Waals surface area contributed by atoms with Crippen LogP contribution < -0.4 is 10.2 Å². The molecule has 3 rings (SSSR count). The fourth-order valence-electron chi connectivity index (χ4n) is 2.82. The summed E-state index contributed by atoms with van der Waals surface area (Å²) >= 11 is 0. The SMILES string of the molecule is CCCC1Nc2ccccc2C(=O)N1c1ccc([N+](=O)[O-])cc1. The molecule has 0 fully saturated rings. The standard InChI is InChI=1S/C17H17N3O3/c1-2-5-16-18-15-7-4-3-6-14(15)17(21)19(16)12-8-10-13(11-9-12)20(22)23/h3-4,6-11,16,18H,2,5H2,1H3. The van der Waals surface area contributed by atoms with Gasteiger partial charge < -0.3 is 5.32 Å². The smallest absolute Gasteiger partial charge is 0.269 e. The van der Waals surface area contributed by atoms with Crippen molar-refractivity contribution in [1.82, 2.24) is 0 Å². The third kappa shape index (κ3) is 2.75. The molecule has 1 N–H and O–H groups in total. The number of amides is 1. The van der Waals surface area contributed by atoms with E-state index in [0.717, 1.165) is 18.5 Å². The van der Waals surface area contributed by atoms with E-state index < -0.39 is 4.92 Å². The van der Waals surface area contributed by atoms with Gasteiger partial charge in [-0.05, 0) is 30.7 Å². The lowest BCUT2D eigenvalue weighted by atomic mass is 10.0. The van der Waals surface area contributed by atoms with Gasteiger partial charge in [-0.25, -0.2) is 0 Å². The number of nitro groups is 1. The van der Waals surface area contributed by atoms with Gasteiger partial charge in [0.25, 0.3) is 11.6 Å². The Kier molecular flexibility index (Phi) is 3.97. The minimum absolute atomic E-state index is 0.0126. The van der Waals surface area contributed by atoms with E-state index in [-0.39, 0.29) is 17.8 Å². The number of non-ortho nitro benzene ring substituents is 1. The van der Waals surface area contributed by atoms with E-state index in [1.807, 2.05) is 18.2 Å². The largest absolute Gasteiger partial charge is 0.364 e. The van der Waals surface area contributed by atoms with Crippen LogP contribution in [0.25, 0.3) is 0 Å². The second-order valence-electron chi connectivity index (χ2n) is 5.44. The number of nitro benzene ring substituents is 1. The first-order valence-corrected chi connectivity index (χ1v) is 7.55. The molecule has 0 aliphatic carbocycles. The fourth-order valence-corrected chi connectivity index (χ4v) is 2.82. The average Bonchev–Trinajstić information content (AvgIpc) is 2.56. The van der Waals surface area contributed by atoms with Gasteiger partial charge in [-0.1, -0.05) is 25.5 Å². The number of rotatable bonds is 4. The maximum Gasteiger partial charge on any atom is 0.269 e. The number of para-hydroxylation sites is 1. The highest BCUT2D eigenvalue weighted by atomic mass is 16.6. The summed E-state index contributed by atoms with van der Waals surface area (Å²) in [6.07, 6.45) is 1.54. The monoisotopic (exact) mass is 311 g/mol. The van der Waals surface area contributed by atoms with Crippen molar-refractivity contribution in [2.45, 2.75) is 25.9 Å². The molecule has 0 spiro atoms. The van der Waals surface area contributed by atoms with Crippen molar-refractivity contribution in [1.29, 1.82) is 0 Å². The second kappa shape index (κ2) is 6.08. The van der Waals surface area contributed by atoms with Crippen LogP contribution in [0.2, 0.25) is 0 Å². The lowest BCUT2D eigenvalue weighted by Crippen LogP contribution is -2.49. The molecule has 0 aromatic heterocycles. The van der Waals surface area contributed by atoms with Gasteiger partial charge in [0.15, 0.2) is 0 Å². The number of hydrogen-bond donors (Lipinski definition) is 1. The molecule has 118 valence electrons. The number of carbonyl (C=O) groups is 1. The van der Waals surface area contributed by atoms with Crippen LogP contribution in [0.4, 0.5) is 17.1 Å².